The lowest BCUT2D eigenvalue weighted by Gasteiger charge is -2.34. The van der Waals surface area contributed by atoms with Crippen LogP contribution in [0.3, 0.4) is 0 Å². The molecule has 1 aromatic heterocycles. The molecule has 1 fully saturated rings. The van der Waals surface area contributed by atoms with Crippen LogP contribution < -0.4 is 14.4 Å². The second-order valence-corrected chi connectivity index (χ2v) is 9.14. The molecule has 0 radical (unpaired) electrons. The SMILES string of the molecule is COc1ccccc1C(=O)N1CCc2nc(N3CCN(C)CC3)nc(Oc3ccc(C)cc3)c2C1. The number of aryl methyl sites for hydroxylation is 1. The number of piperazine rings is 1. The standard InChI is InChI=1S/C27H31N5O3/c1-19-8-10-20(11-9-19)35-25-22-18-32(26(33)21-6-4-5-7-24(21)34-3)13-12-23(22)28-27(29-25)31-16-14-30(2)15-17-31/h4-11H,12-18H2,1-3H3. The number of carbonyl (C=O) groups is 1. The molecule has 8 nitrogen and oxygen atoms in total. The number of anilines is 1. The van der Waals surface area contributed by atoms with Crippen molar-refractivity contribution in [3.8, 4) is 17.4 Å². The molecule has 1 amide bonds. The summed E-state index contributed by atoms with van der Waals surface area (Å²) in [6.45, 7) is 6.69. The third kappa shape index (κ3) is 4.93. The predicted octanol–water partition coefficient (Wildman–Crippen LogP) is 3.54. The van der Waals surface area contributed by atoms with E-state index in [1.165, 1.54) is 0 Å². The molecule has 0 spiro atoms. The highest BCUT2D eigenvalue weighted by molar-refractivity contribution is 5.97. The maximum Gasteiger partial charge on any atom is 0.257 e. The van der Waals surface area contributed by atoms with Crippen molar-refractivity contribution in [2.75, 3.05) is 51.8 Å². The average molecular weight is 474 g/mol. The second kappa shape index (κ2) is 9.92. The average Bonchev–Trinajstić information content (AvgIpc) is 2.89. The molecule has 0 atom stereocenters. The number of hydrogen-bond donors (Lipinski definition) is 0. The Hall–Kier alpha value is -3.65. The lowest BCUT2D eigenvalue weighted by atomic mass is 10.0. The van der Waals surface area contributed by atoms with E-state index in [0.717, 1.165) is 43.0 Å². The number of ether oxygens (including phenoxy) is 2. The van der Waals surface area contributed by atoms with E-state index in [1.54, 1.807) is 13.2 Å². The highest BCUT2D eigenvalue weighted by Gasteiger charge is 2.30. The van der Waals surface area contributed by atoms with Gasteiger partial charge in [-0.3, -0.25) is 4.79 Å². The number of amides is 1. The van der Waals surface area contributed by atoms with E-state index in [4.69, 9.17) is 19.4 Å². The van der Waals surface area contributed by atoms with Crippen molar-refractivity contribution < 1.29 is 14.3 Å². The molecule has 35 heavy (non-hydrogen) atoms. The molecule has 3 heterocycles. The van der Waals surface area contributed by atoms with E-state index in [9.17, 15) is 4.79 Å². The molecule has 2 aromatic carbocycles. The second-order valence-electron chi connectivity index (χ2n) is 9.14. The van der Waals surface area contributed by atoms with E-state index in [-0.39, 0.29) is 5.91 Å². The van der Waals surface area contributed by atoms with Gasteiger partial charge in [-0.25, -0.2) is 4.98 Å². The highest BCUT2D eigenvalue weighted by Crippen LogP contribution is 2.33. The Labute approximate surface area is 206 Å². The zero-order valence-corrected chi connectivity index (χ0v) is 20.5. The Morgan fingerprint density at radius 2 is 1.69 bits per heavy atom. The first-order chi connectivity index (χ1) is 17.0. The van der Waals surface area contributed by atoms with Gasteiger partial charge in [-0.05, 0) is 38.2 Å². The number of nitrogens with zero attached hydrogens (tertiary/aromatic N) is 5. The molecule has 0 bridgehead atoms. The molecular weight excluding hydrogens is 442 g/mol. The summed E-state index contributed by atoms with van der Waals surface area (Å²) >= 11 is 0. The topological polar surface area (TPSA) is 71.0 Å². The van der Waals surface area contributed by atoms with Crippen molar-refractivity contribution in [3.05, 3.63) is 70.9 Å². The van der Waals surface area contributed by atoms with Crippen LogP contribution in [0.25, 0.3) is 0 Å². The molecule has 0 aliphatic carbocycles. The van der Waals surface area contributed by atoms with Gasteiger partial charge < -0.3 is 24.2 Å². The lowest BCUT2D eigenvalue weighted by Crippen LogP contribution is -2.45. The summed E-state index contributed by atoms with van der Waals surface area (Å²) in [4.78, 5) is 29.5. The fourth-order valence-corrected chi connectivity index (χ4v) is 4.49. The van der Waals surface area contributed by atoms with Crippen LogP contribution in [-0.2, 0) is 13.0 Å². The molecule has 3 aromatic rings. The number of carbonyl (C=O) groups excluding carboxylic acids is 1. The van der Waals surface area contributed by atoms with Crippen LogP contribution in [0.4, 0.5) is 5.95 Å². The van der Waals surface area contributed by atoms with Crippen LogP contribution in [0.5, 0.6) is 17.4 Å². The van der Waals surface area contributed by atoms with Crippen molar-refractivity contribution >= 4 is 11.9 Å². The monoisotopic (exact) mass is 473 g/mol. The van der Waals surface area contributed by atoms with Crippen LogP contribution in [0.2, 0.25) is 0 Å². The van der Waals surface area contributed by atoms with E-state index >= 15 is 0 Å². The van der Waals surface area contributed by atoms with Crippen LogP contribution >= 0.6 is 0 Å². The van der Waals surface area contributed by atoms with Gasteiger partial charge in [-0.1, -0.05) is 29.8 Å². The third-order valence-electron chi connectivity index (χ3n) is 6.66. The largest absolute Gasteiger partial charge is 0.496 e. The molecule has 2 aliphatic rings. The fourth-order valence-electron chi connectivity index (χ4n) is 4.49. The Kier molecular flexibility index (Phi) is 6.55. The van der Waals surface area contributed by atoms with E-state index < -0.39 is 0 Å². The molecule has 182 valence electrons. The molecule has 5 rings (SSSR count). The molecule has 8 heteroatoms. The Bertz CT molecular complexity index is 1210. The number of benzene rings is 2. The van der Waals surface area contributed by atoms with Crippen LogP contribution in [-0.4, -0.2) is 72.6 Å². The first kappa shape index (κ1) is 23.1. The smallest absolute Gasteiger partial charge is 0.257 e. The van der Waals surface area contributed by atoms with Gasteiger partial charge in [-0.2, -0.15) is 4.98 Å². The first-order valence-electron chi connectivity index (χ1n) is 12.0. The van der Waals surface area contributed by atoms with Gasteiger partial charge in [0.05, 0.1) is 30.5 Å². The minimum atomic E-state index is -0.0717. The summed E-state index contributed by atoms with van der Waals surface area (Å²) in [6.07, 6.45) is 0.643. The van der Waals surface area contributed by atoms with Gasteiger partial charge in [-0.15, -0.1) is 0 Å². The van der Waals surface area contributed by atoms with Crippen LogP contribution in [0, 0.1) is 6.92 Å². The van der Waals surface area contributed by atoms with E-state index in [0.29, 0.717) is 48.4 Å². The normalized spacial score (nSPS) is 16.1. The number of fused-ring (bicyclic) bond motifs is 1. The van der Waals surface area contributed by atoms with Gasteiger partial charge in [0.15, 0.2) is 0 Å². The third-order valence-corrected chi connectivity index (χ3v) is 6.66. The predicted molar refractivity (Wildman–Crippen MR) is 134 cm³/mol. The van der Waals surface area contributed by atoms with Gasteiger partial charge >= 0.3 is 0 Å². The lowest BCUT2D eigenvalue weighted by molar-refractivity contribution is 0.0728. The highest BCUT2D eigenvalue weighted by atomic mass is 16.5. The first-order valence-corrected chi connectivity index (χ1v) is 12.0. The minimum absolute atomic E-state index is 0.0717. The zero-order chi connectivity index (χ0) is 24.4. The Morgan fingerprint density at radius 1 is 0.943 bits per heavy atom. The summed E-state index contributed by atoms with van der Waals surface area (Å²) in [6, 6.07) is 15.2. The van der Waals surface area contributed by atoms with Gasteiger partial charge in [0, 0.05) is 39.1 Å². The summed E-state index contributed by atoms with van der Waals surface area (Å²) in [5.41, 5.74) is 3.52. The summed E-state index contributed by atoms with van der Waals surface area (Å²) in [5, 5.41) is 0. The maximum atomic E-state index is 13.4. The molecule has 0 unspecified atom stereocenters. The quantitative estimate of drug-likeness (QED) is 0.561. The van der Waals surface area contributed by atoms with Crippen molar-refractivity contribution in [3.63, 3.8) is 0 Å². The van der Waals surface area contributed by atoms with E-state index in [1.807, 2.05) is 54.3 Å². The fraction of sp³-hybridized carbons (Fsp3) is 0.370. The van der Waals surface area contributed by atoms with Crippen LogP contribution in [0.1, 0.15) is 27.2 Å². The Balaban J connectivity index is 1.48. The number of para-hydroxylation sites is 1. The van der Waals surface area contributed by atoms with Crippen molar-refractivity contribution in [2.45, 2.75) is 19.9 Å². The Morgan fingerprint density at radius 3 is 2.43 bits per heavy atom. The summed E-state index contributed by atoms with van der Waals surface area (Å²) < 4.78 is 11.7. The number of methoxy groups -OCH3 is 1. The summed E-state index contributed by atoms with van der Waals surface area (Å²) in [5.74, 6) is 2.43. The van der Waals surface area contributed by atoms with Crippen molar-refractivity contribution in [1.82, 2.24) is 19.8 Å². The molecular formula is C27H31N5O3. The number of hydrogen-bond acceptors (Lipinski definition) is 7. The van der Waals surface area contributed by atoms with Gasteiger partial charge in [0.1, 0.15) is 11.5 Å². The minimum Gasteiger partial charge on any atom is -0.496 e. The van der Waals surface area contributed by atoms with Crippen molar-refractivity contribution in [1.29, 1.82) is 0 Å². The zero-order valence-electron chi connectivity index (χ0n) is 20.5. The van der Waals surface area contributed by atoms with E-state index in [2.05, 4.69) is 16.8 Å². The van der Waals surface area contributed by atoms with Crippen molar-refractivity contribution in [2.24, 2.45) is 0 Å². The number of likely N-dealkylation sites (N-methyl/N-ethyl adjacent to an activating group) is 1. The molecule has 1 saturated heterocycles. The maximum absolute atomic E-state index is 13.4. The molecule has 2 aliphatic heterocycles. The molecule has 0 N–H and O–H groups in total. The van der Waals surface area contributed by atoms with Gasteiger partial charge in [0.2, 0.25) is 11.8 Å². The van der Waals surface area contributed by atoms with Crippen LogP contribution in [0.15, 0.2) is 48.5 Å². The molecule has 0 saturated carbocycles. The number of rotatable bonds is 5. The number of aromatic nitrogens is 2. The summed E-state index contributed by atoms with van der Waals surface area (Å²) in [7, 11) is 3.71. The van der Waals surface area contributed by atoms with Gasteiger partial charge in [0.25, 0.3) is 5.91 Å².